The van der Waals surface area contributed by atoms with E-state index in [0.29, 0.717) is 6.54 Å². The van der Waals surface area contributed by atoms with Gasteiger partial charge in [0.2, 0.25) is 0 Å². The fourth-order valence-electron chi connectivity index (χ4n) is 1.79. The number of aliphatic carboxylic acids is 1. The molecule has 18 heavy (non-hydrogen) atoms. The summed E-state index contributed by atoms with van der Waals surface area (Å²) in [5, 5.41) is 14.0. The number of hydrogen-bond acceptors (Lipinski definition) is 4. The first-order valence-corrected chi connectivity index (χ1v) is 6.85. The van der Waals surface area contributed by atoms with Crippen molar-refractivity contribution in [1.29, 1.82) is 0 Å². The number of carboxylic acids is 1. The van der Waals surface area contributed by atoms with Crippen LogP contribution in [0.25, 0.3) is 0 Å². The summed E-state index contributed by atoms with van der Waals surface area (Å²) in [7, 11) is 1.39. The van der Waals surface area contributed by atoms with Crippen LogP contribution in [-0.2, 0) is 9.53 Å². The summed E-state index contributed by atoms with van der Waals surface area (Å²) in [6.45, 7) is 2.60. The smallest absolute Gasteiger partial charge is 0.328 e. The van der Waals surface area contributed by atoms with Gasteiger partial charge < -0.3 is 20.5 Å². The van der Waals surface area contributed by atoms with Gasteiger partial charge in [-0.3, -0.25) is 0 Å². The molecule has 7 heteroatoms. The number of methoxy groups -OCH3 is 1. The zero-order valence-corrected chi connectivity index (χ0v) is 11.5. The van der Waals surface area contributed by atoms with Gasteiger partial charge in [-0.15, -0.1) is 0 Å². The highest BCUT2D eigenvalue weighted by molar-refractivity contribution is 8.00. The van der Waals surface area contributed by atoms with E-state index in [4.69, 9.17) is 9.84 Å². The van der Waals surface area contributed by atoms with Crippen molar-refractivity contribution in [3.63, 3.8) is 0 Å². The quantitative estimate of drug-likeness (QED) is 0.663. The third-order valence-corrected chi connectivity index (χ3v) is 4.40. The zero-order valence-electron chi connectivity index (χ0n) is 10.7. The predicted molar refractivity (Wildman–Crippen MR) is 69.9 cm³/mol. The maximum absolute atomic E-state index is 11.6. The van der Waals surface area contributed by atoms with Gasteiger partial charge in [-0.05, 0) is 25.5 Å². The van der Waals surface area contributed by atoms with Crippen LogP contribution in [0.3, 0.4) is 0 Å². The van der Waals surface area contributed by atoms with Crippen molar-refractivity contribution in [3.8, 4) is 0 Å². The molecule has 1 aliphatic rings. The second-order valence-corrected chi connectivity index (χ2v) is 6.26. The molecule has 0 aromatic rings. The average molecular weight is 276 g/mol. The van der Waals surface area contributed by atoms with Gasteiger partial charge in [0.1, 0.15) is 0 Å². The summed E-state index contributed by atoms with van der Waals surface area (Å²) >= 11 is 1.84. The van der Waals surface area contributed by atoms with E-state index >= 15 is 0 Å². The Hall–Kier alpha value is -0.950. The Morgan fingerprint density at radius 3 is 2.78 bits per heavy atom. The van der Waals surface area contributed by atoms with Crippen LogP contribution in [-0.4, -0.2) is 53.9 Å². The molecule has 2 atom stereocenters. The lowest BCUT2D eigenvalue weighted by molar-refractivity contribution is -0.140. The fourth-order valence-corrected chi connectivity index (χ4v) is 3.04. The van der Waals surface area contributed by atoms with Crippen LogP contribution in [0.1, 0.15) is 19.8 Å². The van der Waals surface area contributed by atoms with Gasteiger partial charge in [-0.2, -0.15) is 11.8 Å². The van der Waals surface area contributed by atoms with Crippen LogP contribution in [0.5, 0.6) is 0 Å². The minimum Gasteiger partial charge on any atom is -0.480 e. The van der Waals surface area contributed by atoms with E-state index in [9.17, 15) is 9.59 Å². The Kier molecular flexibility index (Phi) is 5.74. The Balaban J connectivity index is 2.33. The molecule has 0 spiro atoms. The molecule has 1 fully saturated rings. The molecule has 2 amide bonds. The maximum Gasteiger partial charge on any atom is 0.328 e. The van der Waals surface area contributed by atoms with Crippen molar-refractivity contribution < 1.29 is 19.4 Å². The summed E-state index contributed by atoms with van der Waals surface area (Å²) in [6.07, 6.45) is 2.23. The number of carbonyl (C=O) groups excluding carboxylic acids is 1. The molecule has 0 radical (unpaired) electrons. The summed E-state index contributed by atoms with van der Waals surface area (Å²) in [4.78, 5) is 22.4. The molecule has 0 bridgehead atoms. The van der Waals surface area contributed by atoms with Crippen molar-refractivity contribution in [3.05, 3.63) is 0 Å². The molecule has 0 saturated carbocycles. The van der Waals surface area contributed by atoms with Crippen molar-refractivity contribution in [1.82, 2.24) is 10.6 Å². The molecule has 0 aromatic heterocycles. The molecule has 0 aliphatic carbocycles. The number of hydrogen-bond donors (Lipinski definition) is 3. The Morgan fingerprint density at radius 1 is 1.56 bits per heavy atom. The number of rotatable bonds is 6. The molecule has 1 aliphatic heterocycles. The summed E-state index contributed by atoms with van der Waals surface area (Å²) < 4.78 is 4.80. The van der Waals surface area contributed by atoms with E-state index in [1.165, 1.54) is 7.11 Å². The second kappa shape index (κ2) is 6.84. The molecule has 104 valence electrons. The minimum absolute atomic E-state index is 0.0469. The minimum atomic E-state index is -1.10. The molecule has 0 aromatic carbocycles. The second-order valence-electron chi connectivity index (χ2n) is 4.58. The first-order chi connectivity index (χ1) is 8.47. The molecule has 6 nitrogen and oxygen atoms in total. The number of carboxylic acid groups (broad SMARTS) is 1. The highest BCUT2D eigenvalue weighted by Gasteiger charge is 2.30. The van der Waals surface area contributed by atoms with Crippen molar-refractivity contribution >= 4 is 23.8 Å². The highest BCUT2D eigenvalue weighted by atomic mass is 32.2. The normalized spacial score (nSPS) is 24.6. The third kappa shape index (κ3) is 4.73. The topological polar surface area (TPSA) is 87.7 Å². The van der Waals surface area contributed by atoms with Crippen LogP contribution in [0.4, 0.5) is 4.79 Å². The van der Waals surface area contributed by atoms with Gasteiger partial charge in [0.05, 0.1) is 6.61 Å². The Bertz CT molecular complexity index is 305. The number of nitrogens with one attached hydrogen (secondary N) is 2. The molecular formula is C11H20N2O4S. The summed E-state index contributed by atoms with van der Waals surface area (Å²) in [5.74, 6) is 0.00904. The maximum atomic E-state index is 11.6. The van der Waals surface area contributed by atoms with Gasteiger partial charge in [-0.1, -0.05) is 0 Å². The van der Waals surface area contributed by atoms with E-state index in [1.54, 1.807) is 0 Å². The summed E-state index contributed by atoms with van der Waals surface area (Å²) in [6, 6.07) is -1.48. The largest absolute Gasteiger partial charge is 0.480 e. The average Bonchev–Trinajstić information content (AvgIpc) is 2.73. The Labute approximate surface area is 111 Å². The van der Waals surface area contributed by atoms with Crippen LogP contribution >= 0.6 is 11.8 Å². The van der Waals surface area contributed by atoms with Gasteiger partial charge in [0, 0.05) is 18.4 Å². The van der Waals surface area contributed by atoms with Gasteiger partial charge in [0.15, 0.2) is 6.04 Å². The van der Waals surface area contributed by atoms with Crippen LogP contribution in [0.15, 0.2) is 0 Å². The molecule has 1 saturated heterocycles. The first kappa shape index (κ1) is 15.1. The zero-order chi connectivity index (χ0) is 13.6. The van der Waals surface area contributed by atoms with Crippen LogP contribution in [0.2, 0.25) is 0 Å². The van der Waals surface area contributed by atoms with Crippen molar-refractivity contribution in [2.24, 2.45) is 0 Å². The lowest BCUT2D eigenvalue weighted by atomic mass is 10.1. The molecule has 3 N–H and O–H groups in total. The number of amides is 2. The first-order valence-electron chi connectivity index (χ1n) is 5.87. The molecule has 2 unspecified atom stereocenters. The van der Waals surface area contributed by atoms with E-state index < -0.39 is 18.0 Å². The lowest BCUT2D eigenvalue weighted by Crippen LogP contribution is -2.50. The standard InChI is InChI=1S/C11H20N2O4S/c1-11(4-3-5-18-11)7-12-10(16)13-8(6-17-2)9(14)15/h8H,3-7H2,1-2H3,(H,14,15)(H2,12,13,16). The van der Waals surface area contributed by atoms with E-state index in [2.05, 4.69) is 17.6 Å². The number of ether oxygens (including phenoxy) is 1. The van der Waals surface area contributed by atoms with Crippen LogP contribution in [0, 0.1) is 0 Å². The van der Waals surface area contributed by atoms with Gasteiger partial charge >= 0.3 is 12.0 Å². The number of carbonyl (C=O) groups is 2. The Morgan fingerprint density at radius 2 is 2.28 bits per heavy atom. The van der Waals surface area contributed by atoms with Gasteiger partial charge in [-0.25, -0.2) is 9.59 Å². The molecule has 1 heterocycles. The predicted octanol–water partition coefficient (Wildman–Crippen LogP) is 0.671. The fraction of sp³-hybridized carbons (Fsp3) is 0.818. The third-order valence-electron chi connectivity index (χ3n) is 2.86. The summed E-state index contributed by atoms with van der Waals surface area (Å²) in [5.41, 5.74) is 0. The monoisotopic (exact) mass is 276 g/mol. The number of urea groups is 1. The van der Waals surface area contributed by atoms with E-state index in [0.717, 1.165) is 18.6 Å². The van der Waals surface area contributed by atoms with Crippen molar-refractivity contribution in [2.45, 2.75) is 30.6 Å². The highest BCUT2D eigenvalue weighted by Crippen LogP contribution is 2.36. The van der Waals surface area contributed by atoms with Crippen LogP contribution < -0.4 is 10.6 Å². The van der Waals surface area contributed by atoms with Crippen molar-refractivity contribution in [2.75, 3.05) is 26.0 Å². The molecular weight excluding hydrogens is 256 g/mol. The SMILES string of the molecule is COCC(NC(=O)NCC1(C)CCCS1)C(=O)O. The van der Waals surface area contributed by atoms with E-state index in [1.807, 2.05) is 11.8 Å². The lowest BCUT2D eigenvalue weighted by Gasteiger charge is -2.23. The van der Waals surface area contributed by atoms with E-state index in [-0.39, 0.29) is 11.4 Å². The van der Waals surface area contributed by atoms with Gasteiger partial charge in [0.25, 0.3) is 0 Å². The molecule has 1 rings (SSSR count). The number of thioether (sulfide) groups is 1.